The van der Waals surface area contributed by atoms with E-state index in [-0.39, 0.29) is 5.91 Å². The van der Waals surface area contributed by atoms with Gasteiger partial charge in [-0.1, -0.05) is 25.5 Å². The molecule has 1 aromatic rings. The summed E-state index contributed by atoms with van der Waals surface area (Å²) in [6.07, 6.45) is 6.02. The van der Waals surface area contributed by atoms with E-state index in [2.05, 4.69) is 17.5 Å². The van der Waals surface area contributed by atoms with E-state index in [9.17, 15) is 4.79 Å². The van der Waals surface area contributed by atoms with Gasteiger partial charge in [0.05, 0.1) is 13.5 Å². The van der Waals surface area contributed by atoms with E-state index in [1.54, 1.807) is 7.11 Å². The molecule has 0 heterocycles. The number of nitrogens with one attached hydrogen (secondary N) is 1. The third-order valence-electron chi connectivity index (χ3n) is 4.12. The van der Waals surface area contributed by atoms with Crippen LogP contribution in [0.5, 0.6) is 5.75 Å². The highest BCUT2D eigenvalue weighted by atomic mass is 16.5. The zero-order valence-corrected chi connectivity index (χ0v) is 12.9. The third-order valence-corrected chi connectivity index (χ3v) is 4.12. The lowest BCUT2D eigenvalue weighted by atomic mass is 9.86. The largest absolute Gasteiger partial charge is 0.497 e. The summed E-state index contributed by atoms with van der Waals surface area (Å²) in [7, 11) is 1.63. The van der Waals surface area contributed by atoms with Gasteiger partial charge in [-0.3, -0.25) is 4.79 Å². The van der Waals surface area contributed by atoms with Gasteiger partial charge >= 0.3 is 0 Å². The molecule has 0 bridgehead atoms. The van der Waals surface area contributed by atoms with Gasteiger partial charge in [-0.25, -0.2) is 5.43 Å². The molecule has 1 aliphatic carbocycles. The summed E-state index contributed by atoms with van der Waals surface area (Å²) in [6.45, 7) is 2.24. The van der Waals surface area contributed by atoms with E-state index >= 15 is 0 Å². The second-order valence-electron chi connectivity index (χ2n) is 5.59. The zero-order valence-electron chi connectivity index (χ0n) is 12.9. The van der Waals surface area contributed by atoms with Crippen LogP contribution in [0.15, 0.2) is 29.4 Å². The molecule has 4 heteroatoms. The fraction of sp³-hybridized carbons (Fsp3) is 0.529. The number of benzene rings is 1. The molecule has 1 fully saturated rings. The zero-order chi connectivity index (χ0) is 15.1. The summed E-state index contributed by atoms with van der Waals surface area (Å²) in [5.74, 6) is 1.57. The molecule has 4 nitrogen and oxygen atoms in total. The Bertz CT molecular complexity index is 484. The Balaban J connectivity index is 1.79. The van der Waals surface area contributed by atoms with Crippen LogP contribution in [0, 0.1) is 5.92 Å². The minimum Gasteiger partial charge on any atom is -0.497 e. The molecule has 0 aromatic heterocycles. The van der Waals surface area contributed by atoms with Crippen LogP contribution in [0.4, 0.5) is 0 Å². The smallest absolute Gasteiger partial charge is 0.244 e. The van der Waals surface area contributed by atoms with Crippen LogP contribution in [0.2, 0.25) is 0 Å². The summed E-state index contributed by atoms with van der Waals surface area (Å²) in [6, 6.07) is 7.52. The number of hydrogen-bond donors (Lipinski definition) is 1. The van der Waals surface area contributed by atoms with Crippen LogP contribution in [-0.4, -0.2) is 18.7 Å². The monoisotopic (exact) mass is 288 g/mol. The lowest BCUT2D eigenvalue weighted by Crippen LogP contribution is -2.23. The van der Waals surface area contributed by atoms with Crippen LogP contribution in [-0.2, 0) is 11.2 Å². The number of ether oxygens (including phenoxy) is 1. The van der Waals surface area contributed by atoms with Crippen LogP contribution >= 0.6 is 0 Å². The van der Waals surface area contributed by atoms with Crippen molar-refractivity contribution in [1.29, 1.82) is 0 Å². The molecule has 0 unspecified atom stereocenters. The number of rotatable bonds is 5. The first-order valence-electron chi connectivity index (χ1n) is 7.68. The molecule has 1 aromatic carbocycles. The van der Waals surface area contributed by atoms with Crippen LogP contribution < -0.4 is 10.2 Å². The minimum absolute atomic E-state index is 0.0646. The van der Waals surface area contributed by atoms with E-state index in [0.717, 1.165) is 35.8 Å². The van der Waals surface area contributed by atoms with E-state index in [0.29, 0.717) is 6.42 Å². The van der Waals surface area contributed by atoms with Crippen molar-refractivity contribution in [3.63, 3.8) is 0 Å². The highest BCUT2D eigenvalue weighted by Crippen LogP contribution is 2.24. The molecule has 1 amide bonds. The van der Waals surface area contributed by atoms with Gasteiger partial charge in [-0.15, -0.1) is 0 Å². The summed E-state index contributed by atoms with van der Waals surface area (Å²) in [5, 5.41) is 4.27. The van der Waals surface area contributed by atoms with Gasteiger partial charge in [0.15, 0.2) is 0 Å². The predicted molar refractivity (Wildman–Crippen MR) is 84.5 cm³/mol. The average Bonchev–Trinajstić information content (AvgIpc) is 2.54. The van der Waals surface area contributed by atoms with Gasteiger partial charge in [0, 0.05) is 5.71 Å². The van der Waals surface area contributed by atoms with Crippen molar-refractivity contribution >= 4 is 11.6 Å². The van der Waals surface area contributed by atoms with Gasteiger partial charge in [0.25, 0.3) is 0 Å². The summed E-state index contributed by atoms with van der Waals surface area (Å²) < 4.78 is 5.10. The second-order valence-corrected chi connectivity index (χ2v) is 5.59. The molecular weight excluding hydrogens is 264 g/mol. The van der Waals surface area contributed by atoms with Gasteiger partial charge < -0.3 is 4.74 Å². The maximum Gasteiger partial charge on any atom is 0.244 e. The van der Waals surface area contributed by atoms with Crippen molar-refractivity contribution in [3.05, 3.63) is 29.8 Å². The predicted octanol–water partition coefficient (Wildman–Crippen LogP) is 3.31. The molecule has 0 aliphatic heterocycles. The third kappa shape index (κ3) is 4.88. The number of hydrazone groups is 1. The van der Waals surface area contributed by atoms with Gasteiger partial charge in [0.1, 0.15) is 5.75 Å². The first kappa shape index (κ1) is 15.5. The molecule has 1 saturated carbocycles. The molecule has 1 aliphatic rings. The number of methoxy groups -OCH3 is 1. The second kappa shape index (κ2) is 7.81. The number of nitrogens with zero attached hydrogens (tertiary/aromatic N) is 1. The number of amides is 1. The summed E-state index contributed by atoms with van der Waals surface area (Å²) in [5.41, 5.74) is 4.77. The Morgan fingerprint density at radius 3 is 2.52 bits per heavy atom. The lowest BCUT2D eigenvalue weighted by Gasteiger charge is -2.21. The van der Waals surface area contributed by atoms with E-state index in [1.165, 1.54) is 19.3 Å². The molecule has 0 radical (unpaired) electrons. The van der Waals surface area contributed by atoms with Crippen molar-refractivity contribution in [3.8, 4) is 5.75 Å². The Hall–Kier alpha value is -1.84. The Morgan fingerprint density at radius 1 is 1.29 bits per heavy atom. The van der Waals surface area contributed by atoms with Crippen molar-refractivity contribution < 1.29 is 9.53 Å². The van der Waals surface area contributed by atoms with Crippen molar-refractivity contribution in [1.82, 2.24) is 5.43 Å². The molecule has 0 atom stereocenters. The Morgan fingerprint density at radius 2 is 1.95 bits per heavy atom. The number of hydrogen-bond acceptors (Lipinski definition) is 3. The van der Waals surface area contributed by atoms with Crippen molar-refractivity contribution in [2.24, 2.45) is 11.0 Å². The minimum atomic E-state index is -0.0646. The Kier molecular flexibility index (Phi) is 5.78. The number of carbonyl (C=O) groups is 1. The van der Waals surface area contributed by atoms with Gasteiger partial charge in [-0.05, 0) is 49.3 Å². The van der Waals surface area contributed by atoms with E-state index < -0.39 is 0 Å². The SMILES string of the molecule is CCC1CCC(=NNC(=O)Cc2ccc(OC)cc2)CC1. The van der Waals surface area contributed by atoms with E-state index in [4.69, 9.17) is 4.74 Å². The molecular formula is C17H24N2O2. The number of carbonyl (C=O) groups excluding carboxylic acids is 1. The fourth-order valence-corrected chi connectivity index (χ4v) is 2.64. The Labute approximate surface area is 126 Å². The standard InChI is InChI=1S/C17H24N2O2/c1-3-13-4-8-15(9-5-13)18-19-17(20)12-14-6-10-16(21-2)11-7-14/h6-7,10-11,13H,3-5,8-9,12H2,1-2H3,(H,19,20). The molecule has 2 rings (SSSR count). The normalized spacial score (nSPS) is 18.2. The lowest BCUT2D eigenvalue weighted by molar-refractivity contribution is -0.120. The van der Waals surface area contributed by atoms with Gasteiger partial charge in [-0.2, -0.15) is 5.10 Å². The quantitative estimate of drug-likeness (QED) is 0.845. The van der Waals surface area contributed by atoms with Crippen LogP contribution in [0.1, 0.15) is 44.6 Å². The fourth-order valence-electron chi connectivity index (χ4n) is 2.64. The molecule has 0 spiro atoms. The maximum atomic E-state index is 11.9. The molecule has 114 valence electrons. The summed E-state index contributed by atoms with van der Waals surface area (Å²) in [4.78, 5) is 11.9. The van der Waals surface area contributed by atoms with Crippen LogP contribution in [0.25, 0.3) is 0 Å². The highest BCUT2D eigenvalue weighted by Gasteiger charge is 2.16. The van der Waals surface area contributed by atoms with E-state index in [1.807, 2.05) is 24.3 Å². The first-order valence-corrected chi connectivity index (χ1v) is 7.68. The maximum absolute atomic E-state index is 11.9. The molecule has 1 N–H and O–H groups in total. The molecule has 0 saturated heterocycles. The summed E-state index contributed by atoms with van der Waals surface area (Å²) >= 11 is 0. The average molecular weight is 288 g/mol. The topological polar surface area (TPSA) is 50.7 Å². The first-order chi connectivity index (χ1) is 10.2. The van der Waals surface area contributed by atoms with Crippen molar-refractivity contribution in [2.45, 2.75) is 45.4 Å². The van der Waals surface area contributed by atoms with Crippen LogP contribution in [0.3, 0.4) is 0 Å². The highest BCUT2D eigenvalue weighted by molar-refractivity contribution is 5.87. The van der Waals surface area contributed by atoms with Crippen molar-refractivity contribution in [2.75, 3.05) is 7.11 Å². The molecule has 21 heavy (non-hydrogen) atoms. The van der Waals surface area contributed by atoms with Gasteiger partial charge in [0.2, 0.25) is 5.91 Å².